The molecule has 1 aromatic carbocycles. The Morgan fingerprint density at radius 3 is 2.55 bits per heavy atom. The number of nitrogens with zero attached hydrogens (tertiary/aromatic N) is 1. The molecule has 0 unspecified atom stereocenters. The molecule has 2 aromatic rings. The summed E-state index contributed by atoms with van der Waals surface area (Å²) >= 11 is 1.36. The number of hydrogen-bond donors (Lipinski definition) is 0. The van der Waals surface area contributed by atoms with Gasteiger partial charge in [0.05, 0.1) is 17.9 Å². The molecular weight excluding hydrogens is 274 g/mol. The van der Waals surface area contributed by atoms with Crippen molar-refractivity contribution in [3.8, 4) is 0 Å². The molecule has 0 N–H and O–H groups in total. The quantitative estimate of drug-likeness (QED) is 0.627. The fourth-order valence-corrected chi connectivity index (χ4v) is 2.64. The molecule has 0 spiro atoms. The summed E-state index contributed by atoms with van der Waals surface area (Å²) in [5.41, 5.74) is 1.37. The predicted octanol–water partition coefficient (Wildman–Crippen LogP) is 3.05. The number of ether oxygens (including phenoxy) is 1. The summed E-state index contributed by atoms with van der Waals surface area (Å²) in [6.07, 6.45) is 0.579. The number of hydrogen-bond acceptors (Lipinski definition) is 5. The van der Waals surface area contributed by atoms with Crippen LogP contribution in [-0.4, -0.2) is 23.3 Å². The lowest BCUT2D eigenvalue weighted by Gasteiger charge is -2.03. The molecule has 104 valence electrons. The second kappa shape index (κ2) is 6.43. The van der Waals surface area contributed by atoms with Crippen LogP contribution in [-0.2, 0) is 11.2 Å². The van der Waals surface area contributed by atoms with Gasteiger partial charge in [-0.2, -0.15) is 0 Å². The van der Waals surface area contributed by atoms with Crippen LogP contribution < -0.4 is 0 Å². The molecule has 0 aliphatic heterocycles. The number of rotatable bonds is 5. The first-order valence-electron chi connectivity index (χ1n) is 6.27. The number of benzene rings is 1. The zero-order chi connectivity index (χ0) is 14.5. The Balaban J connectivity index is 1.90. The van der Waals surface area contributed by atoms with E-state index in [1.165, 1.54) is 18.3 Å². The second-order valence-corrected chi connectivity index (χ2v) is 5.42. The first-order valence-corrected chi connectivity index (χ1v) is 7.09. The maximum absolute atomic E-state index is 11.7. The van der Waals surface area contributed by atoms with Crippen molar-refractivity contribution in [3.05, 3.63) is 51.5 Å². The van der Waals surface area contributed by atoms with Gasteiger partial charge in [-0.15, -0.1) is 11.3 Å². The van der Waals surface area contributed by atoms with E-state index < -0.39 is 0 Å². The van der Waals surface area contributed by atoms with E-state index in [0.29, 0.717) is 17.0 Å². The normalized spacial score (nSPS) is 10.3. The third-order valence-electron chi connectivity index (χ3n) is 2.77. The summed E-state index contributed by atoms with van der Waals surface area (Å²) in [4.78, 5) is 28.2. The largest absolute Gasteiger partial charge is 0.462 e. The van der Waals surface area contributed by atoms with Gasteiger partial charge in [0, 0.05) is 18.2 Å². The van der Waals surface area contributed by atoms with Gasteiger partial charge in [-0.1, -0.05) is 18.2 Å². The van der Waals surface area contributed by atoms with E-state index in [9.17, 15) is 9.59 Å². The van der Waals surface area contributed by atoms with Gasteiger partial charge in [-0.25, -0.2) is 9.78 Å². The molecule has 1 heterocycles. The molecule has 0 saturated heterocycles. The predicted molar refractivity (Wildman–Crippen MR) is 77.3 cm³/mol. The number of esters is 1. The van der Waals surface area contributed by atoms with Crippen molar-refractivity contribution in [2.24, 2.45) is 0 Å². The summed E-state index contributed by atoms with van der Waals surface area (Å²) in [6.45, 7) is 3.64. The number of aryl methyl sites for hydroxylation is 1. The zero-order valence-electron chi connectivity index (χ0n) is 11.4. The van der Waals surface area contributed by atoms with E-state index in [4.69, 9.17) is 4.74 Å². The fraction of sp³-hybridized carbons (Fsp3) is 0.267. The summed E-state index contributed by atoms with van der Waals surface area (Å²) < 4.78 is 5.21. The Labute approximate surface area is 121 Å². The molecule has 0 aliphatic rings. The summed E-state index contributed by atoms with van der Waals surface area (Å²) in [6, 6.07) is 8.87. The molecule has 0 amide bonds. The Kier molecular flexibility index (Phi) is 4.63. The third-order valence-corrected chi connectivity index (χ3v) is 4.08. The molecule has 1 aromatic heterocycles. The van der Waals surface area contributed by atoms with Crippen LogP contribution in [0.2, 0.25) is 0 Å². The maximum Gasteiger partial charge on any atom is 0.338 e. The van der Waals surface area contributed by atoms with Crippen molar-refractivity contribution in [2.75, 3.05) is 6.61 Å². The molecule has 5 heteroatoms. The van der Waals surface area contributed by atoms with E-state index in [2.05, 4.69) is 4.98 Å². The smallest absolute Gasteiger partial charge is 0.338 e. The van der Waals surface area contributed by atoms with Crippen LogP contribution in [0.25, 0.3) is 0 Å². The van der Waals surface area contributed by atoms with Crippen molar-refractivity contribution < 1.29 is 14.3 Å². The van der Waals surface area contributed by atoms with Crippen LogP contribution in [0.5, 0.6) is 0 Å². The second-order valence-electron chi connectivity index (χ2n) is 4.34. The van der Waals surface area contributed by atoms with Crippen LogP contribution in [0.4, 0.5) is 0 Å². The van der Waals surface area contributed by atoms with Gasteiger partial charge in [0.15, 0.2) is 10.8 Å². The Bertz CT molecular complexity index is 619. The van der Waals surface area contributed by atoms with Gasteiger partial charge < -0.3 is 4.74 Å². The first kappa shape index (κ1) is 14.4. The number of carbonyl (C=O) groups excluding carboxylic acids is 2. The van der Waals surface area contributed by atoms with Crippen LogP contribution in [0.3, 0.4) is 0 Å². The molecule has 4 nitrogen and oxygen atoms in total. The zero-order valence-corrected chi connectivity index (χ0v) is 12.2. The summed E-state index contributed by atoms with van der Waals surface area (Å²) in [5.74, 6) is -0.370. The van der Waals surface area contributed by atoms with E-state index >= 15 is 0 Å². The average Bonchev–Trinajstić information content (AvgIpc) is 2.81. The minimum atomic E-state index is -0.334. The van der Waals surface area contributed by atoms with Gasteiger partial charge in [-0.05, 0) is 19.1 Å². The molecule has 20 heavy (non-hydrogen) atoms. The monoisotopic (exact) mass is 289 g/mol. The number of aromatic nitrogens is 1. The summed E-state index contributed by atoms with van der Waals surface area (Å²) in [7, 11) is 0. The van der Waals surface area contributed by atoms with Crippen LogP contribution in [0.15, 0.2) is 30.3 Å². The average molecular weight is 289 g/mol. The number of carbonyl (C=O) groups is 2. The highest BCUT2D eigenvalue weighted by molar-refractivity contribution is 7.13. The Morgan fingerprint density at radius 1 is 1.25 bits per heavy atom. The molecule has 2 rings (SSSR count). The van der Waals surface area contributed by atoms with Crippen molar-refractivity contribution in [1.82, 2.24) is 4.98 Å². The van der Waals surface area contributed by atoms with Crippen molar-refractivity contribution in [1.29, 1.82) is 0 Å². The van der Waals surface area contributed by atoms with Crippen molar-refractivity contribution in [3.63, 3.8) is 0 Å². The lowest BCUT2D eigenvalue weighted by Crippen LogP contribution is -2.07. The van der Waals surface area contributed by atoms with E-state index in [1.54, 1.807) is 24.3 Å². The molecule has 0 aliphatic carbocycles. The van der Waals surface area contributed by atoms with E-state index in [1.807, 2.05) is 13.0 Å². The standard InChI is InChI=1S/C15H15NO3S/c1-10-13(20-14(16-10)11(2)17)8-9-19-15(18)12-6-4-3-5-7-12/h3-7H,8-9H2,1-2H3. The Morgan fingerprint density at radius 2 is 1.95 bits per heavy atom. The molecule has 0 atom stereocenters. The van der Waals surface area contributed by atoms with Gasteiger partial charge in [0.1, 0.15) is 0 Å². The van der Waals surface area contributed by atoms with Crippen molar-refractivity contribution in [2.45, 2.75) is 20.3 Å². The van der Waals surface area contributed by atoms with Gasteiger partial charge in [-0.3, -0.25) is 4.79 Å². The summed E-state index contributed by atoms with van der Waals surface area (Å²) in [5, 5.41) is 0.506. The number of Topliss-reactive ketones (excluding diaryl/α,β-unsaturated/α-hetero) is 1. The molecule has 0 saturated carbocycles. The molecule has 0 fully saturated rings. The minimum Gasteiger partial charge on any atom is -0.462 e. The Hall–Kier alpha value is -2.01. The highest BCUT2D eigenvalue weighted by Gasteiger charge is 2.12. The lowest BCUT2D eigenvalue weighted by atomic mass is 10.2. The van der Waals surface area contributed by atoms with Crippen LogP contribution >= 0.6 is 11.3 Å². The molecule has 0 bridgehead atoms. The maximum atomic E-state index is 11.7. The number of ketones is 1. The van der Waals surface area contributed by atoms with Crippen molar-refractivity contribution >= 4 is 23.1 Å². The highest BCUT2D eigenvalue weighted by Crippen LogP contribution is 2.19. The number of thiazole rings is 1. The topological polar surface area (TPSA) is 56.3 Å². The van der Waals surface area contributed by atoms with E-state index in [-0.39, 0.29) is 18.4 Å². The van der Waals surface area contributed by atoms with Gasteiger partial charge in [0.2, 0.25) is 0 Å². The van der Waals surface area contributed by atoms with Crippen LogP contribution in [0.1, 0.15) is 37.7 Å². The van der Waals surface area contributed by atoms with Gasteiger partial charge >= 0.3 is 5.97 Å². The molecular formula is C15H15NO3S. The van der Waals surface area contributed by atoms with E-state index in [0.717, 1.165) is 10.6 Å². The highest BCUT2D eigenvalue weighted by atomic mass is 32.1. The minimum absolute atomic E-state index is 0.0365. The lowest BCUT2D eigenvalue weighted by molar-refractivity contribution is 0.0509. The third kappa shape index (κ3) is 3.51. The first-order chi connectivity index (χ1) is 9.58. The van der Waals surface area contributed by atoms with Crippen LogP contribution in [0, 0.1) is 6.92 Å². The fourth-order valence-electron chi connectivity index (χ4n) is 1.70. The SMILES string of the molecule is CC(=O)c1nc(C)c(CCOC(=O)c2ccccc2)s1. The molecule has 0 radical (unpaired) electrons. The van der Waals surface area contributed by atoms with Gasteiger partial charge in [0.25, 0.3) is 0 Å².